The molecule has 0 bridgehead atoms. The number of rotatable bonds is 3. The lowest BCUT2D eigenvalue weighted by Gasteiger charge is -2.38. The second kappa shape index (κ2) is 5.99. The molecule has 1 N–H and O–H groups in total. The molecule has 2 rings (SSSR count). The van der Waals surface area contributed by atoms with Crippen molar-refractivity contribution in [3.05, 3.63) is 22.3 Å². The van der Waals surface area contributed by atoms with Gasteiger partial charge in [-0.15, -0.1) is 0 Å². The molecule has 1 aliphatic heterocycles. The quantitative estimate of drug-likeness (QED) is 0.928. The van der Waals surface area contributed by atoms with Crippen molar-refractivity contribution in [1.29, 1.82) is 0 Å². The molecule has 1 fully saturated rings. The molecular weight excluding hydrogens is 294 g/mol. The molecule has 0 radical (unpaired) electrons. The zero-order valence-electron chi connectivity index (χ0n) is 11.1. The Hall–Kier alpha value is -0.650. The number of anilines is 1. The lowest BCUT2D eigenvalue weighted by Crippen LogP contribution is -2.48. The summed E-state index contributed by atoms with van der Waals surface area (Å²) >= 11 is 3.48. The first kappa shape index (κ1) is 13.8. The van der Waals surface area contributed by atoms with Crippen LogP contribution < -0.4 is 10.2 Å². The maximum absolute atomic E-state index is 5.67. The van der Waals surface area contributed by atoms with Gasteiger partial charge in [0, 0.05) is 29.3 Å². The standard InChI is InChI=1S/C13H20BrN3O/c1-9-8-18-10(2)7-17(9)13-11(5-15-3)4-12(14)6-16-13/h4,6,9-10,15H,5,7-8H2,1-3H3. The number of ether oxygens (including phenoxy) is 1. The van der Waals surface area contributed by atoms with Gasteiger partial charge >= 0.3 is 0 Å². The van der Waals surface area contributed by atoms with Crippen molar-refractivity contribution < 1.29 is 4.74 Å². The van der Waals surface area contributed by atoms with Crippen molar-refractivity contribution in [2.45, 2.75) is 32.5 Å². The van der Waals surface area contributed by atoms with E-state index in [1.54, 1.807) is 0 Å². The number of halogens is 1. The molecule has 5 heteroatoms. The highest BCUT2D eigenvalue weighted by molar-refractivity contribution is 9.10. The van der Waals surface area contributed by atoms with Gasteiger partial charge in [0.15, 0.2) is 0 Å². The van der Waals surface area contributed by atoms with Crippen LogP contribution in [-0.2, 0) is 11.3 Å². The van der Waals surface area contributed by atoms with Crippen LogP contribution in [-0.4, -0.2) is 37.3 Å². The molecule has 1 aromatic heterocycles. The summed E-state index contributed by atoms with van der Waals surface area (Å²) in [5.74, 6) is 1.06. The van der Waals surface area contributed by atoms with Gasteiger partial charge in [-0.1, -0.05) is 0 Å². The van der Waals surface area contributed by atoms with Crippen LogP contribution in [0.1, 0.15) is 19.4 Å². The highest BCUT2D eigenvalue weighted by atomic mass is 79.9. The van der Waals surface area contributed by atoms with E-state index in [1.807, 2.05) is 13.2 Å². The number of aromatic nitrogens is 1. The van der Waals surface area contributed by atoms with Crippen molar-refractivity contribution in [3.63, 3.8) is 0 Å². The Morgan fingerprint density at radius 2 is 2.33 bits per heavy atom. The summed E-state index contributed by atoms with van der Waals surface area (Å²) in [6, 6.07) is 2.50. The summed E-state index contributed by atoms with van der Waals surface area (Å²) in [7, 11) is 1.95. The van der Waals surface area contributed by atoms with E-state index in [9.17, 15) is 0 Å². The minimum Gasteiger partial charge on any atom is -0.375 e. The molecule has 100 valence electrons. The topological polar surface area (TPSA) is 37.4 Å². The summed E-state index contributed by atoms with van der Waals surface area (Å²) in [4.78, 5) is 6.93. The van der Waals surface area contributed by atoms with E-state index < -0.39 is 0 Å². The smallest absolute Gasteiger partial charge is 0.133 e. The molecule has 0 saturated carbocycles. The Balaban J connectivity index is 2.30. The Bertz CT molecular complexity index is 413. The van der Waals surface area contributed by atoms with Gasteiger partial charge in [0.2, 0.25) is 0 Å². The van der Waals surface area contributed by atoms with Crippen LogP contribution in [0.2, 0.25) is 0 Å². The van der Waals surface area contributed by atoms with Gasteiger partial charge < -0.3 is 15.0 Å². The molecule has 18 heavy (non-hydrogen) atoms. The molecule has 1 aromatic rings. The van der Waals surface area contributed by atoms with Gasteiger partial charge in [0.05, 0.1) is 18.8 Å². The highest BCUT2D eigenvalue weighted by Gasteiger charge is 2.26. The lowest BCUT2D eigenvalue weighted by molar-refractivity contribution is 0.0340. The van der Waals surface area contributed by atoms with Crippen LogP contribution in [0.4, 0.5) is 5.82 Å². The second-order valence-electron chi connectivity index (χ2n) is 4.81. The number of hydrogen-bond acceptors (Lipinski definition) is 4. The minimum atomic E-state index is 0.258. The minimum absolute atomic E-state index is 0.258. The third-order valence-corrected chi connectivity index (χ3v) is 3.59. The first-order valence-corrected chi connectivity index (χ1v) is 7.08. The fraction of sp³-hybridized carbons (Fsp3) is 0.615. The molecule has 1 saturated heterocycles. The summed E-state index contributed by atoms with van der Waals surface area (Å²) in [6.45, 7) is 6.76. The van der Waals surface area contributed by atoms with E-state index in [1.165, 1.54) is 5.56 Å². The second-order valence-corrected chi connectivity index (χ2v) is 5.73. The fourth-order valence-corrected chi connectivity index (χ4v) is 2.63. The molecule has 0 spiro atoms. The van der Waals surface area contributed by atoms with Crippen molar-refractivity contribution >= 4 is 21.7 Å². The van der Waals surface area contributed by atoms with Crippen LogP contribution in [0.25, 0.3) is 0 Å². The number of hydrogen-bond donors (Lipinski definition) is 1. The van der Waals surface area contributed by atoms with E-state index in [-0.39, 0.29) is 6.10 Å². The van der Waals surface area contributed by atoms with Crippen LogP contribution in [0.15, 0.2) is 16.7 Å². The van der Waals surface area contributed by atoms with E-state index in [0.717, 1.165) is 30.0 Å². The SMILES string of the molecule is CNCc1cc(Br)cnc1N1CC(C)OCC1C. The highest BCUT2D eigenvalue weighted by Crippen LogP contribution is 2.25. The predicted molar refractivity (Wildman–Crippen MR) is 76.9 cm³/mol. The molecule has 2 heterocycles. The molecule has 0 amide bonds. The van der Waals surface area contributed by atoms with Crippen molar-refractivity contribution in [2.75, 3.05) is 25.1 Å². The van der Waals surface area contributed by atoms with Gasteiger partial charge in [0.25, 0.3) is 0 Å². The molecule has 2 unspecified atom stereocenters. The summed E-state index contributed by atoms with van der Waals surface area (Å²) in [5.41, 5.74) is 1.22. The van der Waals surface area contributed by atoms with Gasteiger partial charge in [-0.3, -0.25) is 0 Å². The fourth-order valence-electron chi connectivity index (χ4n) is 2.25. The predicted octanol–water partition coefficient (Wildman–Crippen LogP) is 2.18. The Morgan fingerprint density at radius 1 is 1.56 bits per heavy atom. The number of morpholine rings is 1. The molecule has 2 atom stereocenters. The number of nitrogens with zero attached hydrogens (tertiary/aromatic N) is 2. The maximum atomic E-state index is 5.67. The van der Waals surface area contributed by atoms with Gasteiger partial charge in [-0.25, -0.2) is 4.98 Å². The van der Waals surface area contributed by atoms with Crippen LogP contribution in [0, 0.1) is 0 Å². The number of pyridine rings is 1. The molecular formula is C13H20BrN3O. The van der Waals surface area contributed by atoms with Gasteiger partial charge in [-0.2, -0.15) is 0 Å². The van der Waals surface area contributed by atoms with E-state index >= 15 is 0 Å². The molecule has 0 aromatic carbocycles. The van der Waals surface area contributed by atoms with Crippen LogP contribution in [0.3, 0.4) is 0 Å². The summed E-state index contributed by atoms with van der Waals surface area (Å²) in [6.07, 6.45) is 2.12. The van der Waals surface area contributed by atoms with E-state index in [4.69, 9.17) is 4.74 Å². The van der Waals surface area contributed by atoms with E-state index in [0.29, 0.717) is 6.04 Å². The Labute approximate surface area is 117 Å². The third kappa shape index (κ3) is 3.02. The lowest BCUT2D eigenvalue weighted by atomic mass is 10.1. The summed E-state index contributed by atoms with van der Waals surface area (Å²) in [5, 5.41) is 3.20. The van der Waals surface area contributed by atoms with Crippen molar-refractivity contribution in [3.8, 4) is 0 Å². The van der Waals surface area contributed by atoms with Crippen LogP contribution >= 0.6 is 15.9 Å². The van der Waals surface area contributed by atoms with Gasteiger partial charge in [0.1, 0.15) is 5.82 Å². The monoisotopic (exact) mass is 313 g/mol. The summed E-state index contributed by atoms with van der Waals surface area (Å²) < 4.78 is 6.69. The zero-order chi connectivity index (χ0) is 13.1. The van der Waals surface area contributed by atoms with Crippen molar-refractivity contribution in [2.24, 2.45) is 0 Å². The normalized spacial score (nSPS) is 24.3. The first-order valence-electron chi connectivity index (χ1n) is 6.29. The van der Waals surface area contributed by atoms with Crippen LogP contribution in [0.5, 0.6) is 0 Å². The molecule has 1 aliphatic rings. The zero-order valence-corrected chi connectivity index (χ0v) is 12.7. The van der Waals surface area contributed by atoms with E-state index in [2.05, 4.69) is 51.0 Å². The molecule has 4 nitrogen and oxygen atoms in total. The van der Waals surface area contributed by atoms with Crippen molar-refractivity contribution in [1.82, 2.24) is 10.3 Å². The van der Waals surface area contributed by atoms with Gasteiger partial charge in [-0.05, 0) is 42.9 Å². The number of nitrogens with one attached hydrogen (secondary N) is 1. The first-order chi connectivity index (χ1) is 8.61. The average Bonchev–Trinajstić information content (AvgIpc) is 2.33. The largest absolute Gasteiger partial charge is 0.375 e. The Kier molecular flexibility index (Phi) is 4.59. The average molecular weight is 314 g/mol. The Morgan fingerprint density at radius 3 is 3.06 bits per heavy atom. The maximum Gasteiger partial charge on any atom is 0.133 e. The third-order valence-electron chi connectivity index (χ3n) is 3.16. The molecule has 0 aliphatic carbocycles.